The first-order valence-corrected chi connectivity index (χ1v) is 9.45. The lowest BCUT2D eigenvalue weighted by Gasteiger charge is -2.15. The summed E-state index contributed by atoms with van der Waals surface area (Å²) in [5.41, 5.74) is 5.13. The smallest absolute Gasteiger partial charge is 0.332 e. The van der Waals surface area contributed by atoms with E-state index < -0.39 is 22.1 Å². The average Bonchev–Trinajstić information content (AvgIpc) is 2.71. The molecule has 0 spiro atoms. The fourth-order valence-electron chi connectivity index (χ4n) is 2.62. The molecule has 1 heterocycles. The molecule has 2 rings (SSSR count). The number of nitro benzene ring substituents is 1. The Morgan fingerprint density at radius 3 is 2.50 bits per heavy atom. The van der Waals surface area contributed by atoms with Crippen molar-refractivity contribution in [3.8, 4) is 0 Å². The molecule has 0 aliphatic heterocycles. The van der Waals surface area contributed by atoms with E-state index in [2.05, 4.69) is 5.32 Å². The first-order valence-electron chi connectivity index (χ1n) is 9.04. The molecule has 2 aromatic rings. The summed E-state index contributed by atoms with van der Waals surface area (Å²) in [6.45, 7) is 2.27. The monoisotopic (exact) mass is 431 g/mol. The van der Waals surface area contributed by atoms with Gasteiger partial charge in [0.15, 0.2) is 0 Å². The Morgan fingerprint density at radius 1 is 1.30 bits per heavy atom. The molecule has 1 aromatic carbocycles. The second-order valence-corrected chi connectivity index (χ2v) is 6.82. The highest BCUT2D eigenvalue weighted by molar-refractivity contribution is 7.80. The van der Waals surface area contributed by atoms with Gasteiger partial charge in [0.05, 0.1) is 4.92 Å². The number of carbonyl (C=O) groups excluding carboxylic acids is 1. The third-order valence-electron chi connectivity index (χ3n) is 4.31. The number of hydrogen-bond donors (Lipinski definition) is 2. The van der Waals surface area contributed by atoms with Crippen LogP contribution in [0.2, 0.25) is 0 Å². The van der Waals surface area contributed by atoms with Crippen molar-refractivity contribution in [1.82, 2.24) is 14.5 Å². The van der Waals surface area contributed by atoms with Gasteiger partial charge in [-0.15, -0.1) is 0 Å². The Kier molecular flexibility index (Phi) is 7.37. The predicted molar refractivity (Wildman–Crippen MR) is 117 cm³/mol. The number of unbranched alkanes of at least 4 members (excludes halogenated alkanes) is 1. The number of thiocarbonyl (C=S) groups is 1. The van der Waals surface area contributed by atoms with Gasteiger partial charge in [-0.25, -0.2) is 4.79 Å². The number of hydrogen-bond acceptors (Lipinski definition) is 7. The van der Waals surface area contributed by atoms with Crippen molar-refractivity contribution in [3.05, 3.63) is 72.4 Å². The van der Waals surface area contributed by atoms with Gasteiger partial charge in [0.1, 0.15) is 16.4 Å². The summed E-state index contributed by atoms with van der Waals surface area (Å²) in [6, 6.07) is 5.59. The molecule has 0 aliphatic rings. The molecule has 30 heavy (non-hydrogen) atoms. The Hall–Kier alpha value is -3.60. The van der Waals surface area contributed by atoms with E-state index in [4.69, 9.17) is 18.0 Å². The Labute approximate surface area is 176 Å². The standard InChI is InChI=1S/C19H21N5O5S/c1-3-4-11-23-16(20)15(18(26)22(2)19(23)27)17(30)21-14(25)10-7-12-5-8-13(9-6-12)24(28)29/h5-10H,3-4,11,20H2,1-2H3,(H,21,25,30). The Balaban J connectivity index is 2.23. The summed E-state index contributed by atoms with van der Waals surface area (Å²) in [7, 11) is 1.31. The molecule has 0 radical (unpaired) electrons. The van der Waals surface area contributed by atoms with Crippen LogP contribution in [0.15, 0.2) is 39.9 Å². The van der Waals surface area contributed by atoms with Crippen LogP contribution in [-0.4, -0.2) is 25.0 Å². The molecule has 0 unspecified atom stereocenters. The van der Waals surface area contributed by atoms with Crippen LogP contribution in [0.4, 0.5) is 11.5 Å². The minimum absolute atomic E-state index is 0.0673. The molecule has 0 fully saturated rings. The minimum atomic E-state index is -0.699. The van der Waals surface area contributed by atoms with Crippen LogP contribution in [0, 0.1) is 10.1 Å². The lowest BCUT2D eigenvalue weighted by Crippen LogP contribution is -2.45. The van der Waals surface area contributed by atoms with Crippen LogP contribution < -0.4 is 22.3 Å². The van der Waals surface area contributed by atoms with Gasteiger partial charge in [-0.05, 0) is 30.2 Å². The van der Waals surface area contributed by atoms with Crippen LogP contribution >= 0.6 is 12.2 Å². The molecule has 0 atom stereocenters. The zero-order valence-electron chi connectivity index (χ0n) is 16.5. The second kappa shape index (κ2) is 9.74. The van der Waals surface area contributed by atoms with Crippen molar-refractivity contribution in [1.29, 1.82) is 0 Å². The maximum Gasteiger partial charge on any atom is 0.332 e. The molecule has 11 heteroatoms. The number of nitrogens with one attached hydrogen (secondary N) is 1. The topological polar surface area (TPSA) is 142 Å². The second-order valence-electron chi connectivity index (χ2n) is 6.41. The zero-order valence-corrected chi connectivity index (χ0v) is 17.3. The first kappa shape index (κ1) is 22.7. The molecule has 10 nitrogen and oxygen atoms in total. The minimum Gasteiger partial charge on any atom is -0.384 e. The largest absolute Gasteiger partial charge is 0.384 e. The summed E-state index contributed by atoms with van der Waals surface area (Å²) in [5, 5.41) is 13.1. The van der Waals surface area contributed by atoms with E-state index in [-0.39, 0.29) is 22.1 Å². The molecule has 0 saturated carbocycles. The fourth-order valence-corrected chi connectivity index (χ4v) is 2.92. The molecule has 1 amide bonds. The number of nitrogens with two attached hydrogens (primary N) is 1. The normalized spacial score (nSPS) is 10.9. The van der Waals surface area contributed by atoms with Crippen molar-refractivity contribution in [2.75, 3.05) is 5.73 Å². The molecule has 0 bridgehead atoms. The Morgan fingerprint density at radius 2 is 1.93 bits per heavy atom. The highest BCUT2D eigenvalue weighted by atomic mass is 32.1. The molecular weight excluding hydrogens is 410 g/mol. The lowest BCUT2D eigenvalue weighted by atomic mass is 10.2. The Bertz CT molecular complexity index is 1130. The van der Waals surface area contributed by atoms with Crippen molar-refractivity contribution < 1.29 is 9.72 Å². The highest BCUT2D eigenvalue weighted by Gasteiger charge is 2.19. The third kappa shape index (κ3) is 5.06. The van der Waals surface area contributed by atoms with E-state index in [9.17, 15) is 24.5 Å². The van der Waals surface area contributed by atoms with Gasteiger partial charge in [-0.3, -0.25) is 28.8 Å². The average molecular weight is 431 g/mol. The van der Waals surface area contributed by atoms with Gasteiger partial charge >= 0.3 is 5.69 Å². The number of non-ortho nitro benzene ring substituents is 1. The SMILES string of the molecule is CCCCn1c(N)c(C(=S)NC(=O)C=Cc2ccc([N+](=O)[O-])cc2)c(=O)n(C)c1=O. The number of nitrogens with zero attached hydrogens (tertiary/aromatic N) is 3. The van der Waals surface area contributed by atoms with E-state index in [1.807, 2.05) is 6.92 Å². The van der Waals surface area contributed by atoms with E-state index >= 15 is 0 Å². The number of carbonyl (C=O) groups is 1. The van der Waals surface area contributed by atoms with E-state index in [0.717, 1.165) is 11.0 Å². The molecule has 1 aromatic heterocycles. The van der Waals surface area contributed by atoms with Crippen molar-refractivity contribution >= 4 is 40.7 Å². The maximum absolute atomic E-state index is 12.5. The fraction of sp³-hybridized carbons (Fsp3) is 0.263. The summed E-state index contributed by atoms with van der Waals surface area (Å²) in [6.07, 6.45) is 4.10. The third-order valence-corrected chi connectivity index (χ3v) is 4.62. The van der Waals surface area contributed by atoms with Gasteiger partial charge in [0, 0.05) is 31.8 Å². The number of nitrogen functional groups attached to an aromatic ring is 1. The molecule has 3 N–H and O–H groups in total. The number of benzene rings is 1. The van der Waals surface area contributed by atoms with Gasteiger partial charge in [0.2, 0.25) is 5.91 Å². The zero-order chi connectivity index (χ0) is 22.4. The van der Waals surface area contributed by atoms with Crippen molar-refractivity contribution in [2.24, 2.45) is 7.05 Å². The lowest BCUT2D eigenvalue weighted by molar-refractivity contribution is -0.384. The number of amides is 1. The quantitative estimate of drug-likeness (QED) is 0.291. The summed E-state index contributed by atoms with van der Waals surface area (Å²) in [4.78, 5) is 46.9. The first-order chi connectivity index (χ1) is 14.2. The van der Waals surface area contributed by atoms with E-state index in [0.29, 0.717) is 18.5 Å². The number of anilines is 1. The van der Waals surface area contributed by atoms with Crippen molar-refractivity contribution in [3.63, 3.8) is 0 Å². The van der Waals surface area contributed by atoms with Gasteiger partial charge in [-0.1, -0.05) is 25.6 Å². The number of nitro groups is 1. The predicted octanol–water partition coefficient (Wildman–Crippen LogP) is 1.34. The van der Waals surface area contributed by atoms with E-state index in [1.54, 1.807) is 0 Å². The van der Waals surface area contributed by atoms with Crippen LogP contribution in [-0.2, 0) is 18.4 Å². The van der Waals surface area contributed by atoms with Crippen LogP contribution in [0.25, 0.3) is 6.08 Å². The molecule has 0 aliphatic carbocycles. The van der Waals surface area contributed by atoms with Crippen LogP contribution in [0.1, 0.15) is 30.9 Å². The van der Waals surface area contributed by atoms with Crippen LogP contribution in [0.3, 0.4) is 0 Å². The highest BCUT2D eigenvalue weighted by Crippen LogP contribution is 2.13. The van der Waals surface area contributed by atoms with Crippen molar-refractivity contribution in [2.45, 2.75) is 26.3 Å². The number of rotatable bonds is 7. The number of aromatic nitrogens is 2. The van der Waals surface area contributed by atoms with E-state index in [1.165, 1.54) is 48.0 Å². The van der Waals surface area contributed by atoms with Gasteiger partial charge in [-0.2, -0.15) is 0 Å². The van der Waals surface area contributed by atoms with Gasteiger partial charge < -0.3 is 11.1 Å². The maximum atomic E-state index is 12.5. The van der Waals surface area contributed by atoms with Crippen LogP contribution in [0.5, 0.6) is 0 Å². The van der Waals surface area contributed by atoms with Gasteiger partial charge in [0.25, 0.3) is 11.2 Å². The molecular formula is C19H21N5O5S. The summed E-state index contributed by atoms with van der Waals surface area (Å²) >= 11 is 5.17. The molecule has 158 valence electrons. The molecule has 0 saturated heterocycles. The summed E-state index contributed by atoms with van der Waals surface area (Å²) in [5.74, 6) is -0.715. The summed E-state index contributed by atoms with van der Waals surface area (Å²) < 4.78 is 2.15.